The average Bonchev–Trinajstić information content (AvgIpc) is 2.79. The van der Waals surface area contributed by atoms with Crippen LogP contribution < -0.4 is 14.9 Å². The van der Waals surface area contributed by atoms with Crippen LogP contribution in [-0.2, 0) is 0 Å². The summed E-state index contributed by atoms with van der Waals surface area (Å²) in [6.07, 6.45) is 3.06. The van der Waals surface area contributed by atoms with E-state index >= 15 is 0 Å². The van der Waals surface area contributed by atoms with E-state index in [1.807, 2.05) is 13.0 Å². The summed E-state index contributed by atoms with van der Waals surface area (Å²) in [5, 5.41) is 4.00. The number of hydrogen-bond acceptors (Lipinski definition) is 5. The molecule has 0 unspecified atom stereocenters. The third-order valence-corrected chi connectivity index (χ3v) is 4.78. The van der Waals surface area contributed by atoms with Crippen molar-refractivity contribution in [1.82, 2.24) is 5.43 Å². The minimum Gasteiger partial charge on any atom is -0.490 e. The summed E-state index contributed by atoms with van der Waals surface area (Å²) in [5.41, 5.74) is 4.82. The van der Waals surface area contributed by atoms with Gasteiger partial charge < -0.3 is 9.47 Å². The predicted octanol–water partition coefficient (Wildman–Crippen LogP) is 5.31. The second-order valence-corrected chi connectivity index (χ2v) is 7.68. The van der Waals surface area contributed by atoms with Crippen molar-refractivity contribution in [3.8, 4) is 11.5 Å². The molecule has 3 rings (SSSR count). The number of carbonyl (C=O) groups is 2. The molecule has 7 heteroatoms. The molecule has 0 fully saturated rings. The van der Waals surface area contributed by atoms with Crippen LogP contribution in [-0.4, -0.2) is 24.7 Å². The number of nitrogens with one attached hydrogen (secondary N) is 1. The molecular weight excluding hydrogens is 472 g/mol. The Balaban J connectivity index is 1.68. The Labute approximate surface area is 194 Å². The fraction of sp³-hybridized carbons (Fsp3) is 0.0800. The van der Waals surface area contributed by atoms with Crippen molar-refractivity contribution in [3.63, 3.8) is 0 Å². The molecule has 32 heavy (non-hydrogen) atoms. The summed E-state index contributed by atoms with van der Waals surface area (Å²) in [4.78, 5) is 24.8. The summed E-state index contributed by atoms with van der Waals surface area (Å²) < 4.78 is 11.7. The Hall–Kier alpha value is -3.71. The Morgan fingerprint density at radius 2 is 1.84 bits per heavy atom. The number of esters is 1. The second kappa shape index (κ2) is 11.1. The Morgan fingerprint density at radius 3 is 2.56 bits per heavy atom. The van der Waals surface area contributed by atoms with E-state index in [9.17, 15) is 9.59 Å². The van der Waals surface area contributed by atoms with Crippen LogP contribution in [0.25, 0.3) is 0 Å². The van der Waals surface area contributed by atoms with Crippen molar-refractivity contribution in [2.75, 3.05) is 6.61 Å². The minimum atomic E-state index is -0.478. The van der Waals surface area contributed by atoms with Gasteiger partial charge in [0, 0.05) is 15.6 Å². The van der Waals surface area contributed by atoms with Gasteiger partial charge in [0.05, 0.1) is 11.8 Å². The zero-order valence-electron chi connectivity index (χ0n) is 17.4. The molecule has 3 aromatic rings. The number of nitrogens with zero attached hydrogens (tertiary/aromatic N) is 1. The van der Waals surface area contributed by atoms with Gasteiger partial charge in [0.25, 0.3) is 5.91 Å². The van der Waals surface area contributed by atoms with Gasteiger partial charge in [-0.15, -0.1) is 0 Å². The summed E-state index contributed by atoms with van der Waals surface area (Å²) in [6, 6.07) is 18.9. The number of aryl methyl sites for hydroxylation is 1. The van der Waals surface area contributed by atoms with Crippen molar-refractivity contribution in [1.29, 1.82) is 0 Å². The van der Waals surface area contributed by atoms with Gasteiger partial charge in [-0.05, 0) is 61.5 Å². The van der Waals surface area contributed by atoms with Crippen molar-refractivity contribution in [3.05, 3.63) is 106 Å². The maximum atomic E-state index is 12.5. The van der Waals surface area contributed by atoms with Crippen LogP contribution in [0.1, 0.15) is 31.8 Å². The highest BCUT2D eigenvalue weighted by Gasteiger charge is 2.12. The Kier molecular flexibility index (Phi) is 7.94. The fourth-order valence-electron chi connectivity index (χ4n) is 2.73. The summed E-state index contributed by atoms with van der Waals surface area (Å²) in [7, 11) is 0. The molecule has 0 spiro atoms. The largest absolute Gasteiger partial charge is 0.490 e. The topological polar surface area (TPSA) is 77.0 Å². The molecule has 0 aromatic heterocycles. The average molecular weight is 493 g/mol. The van der Waals surface area contributed by atoms with Crippen LogP contribution in [0.3, 0.4) is 0 Å². The molecule has 0 saturated heterocycles. The number of rotatable bonds is 8. The van der Waals surface area contributed by atoms with E-state index < -0.39 is 5.97 Å². The first-order valence-electron chi connectivity index (χ1n) is 9.72. The summed E-state index contributed by atoms with van der Waals surface area (Å²) >= 11 is 3.39. The van der Waals surface area contributed by atoms with E-state index in [0.29, 0.717) is 34.8 Å². The molecule has 0 bridgehead atoms. The van der Waals surface area contributed by atoms with E-state index in [1.165, 1.54) is 6.21 Å². The highest BCUT2D eigenvalue weighted by Crippen LogP contribution is 2.23. The van der Waals surface area contributed by atoms with Crippen LogP contribution in [0.4, 0.5) is 0 Å². The number of hydrogen-bond donors (Lipinski definition) is 1. The van der Waals surface area contributed by atoms with Crippen LogP contribution in [0, 0.1) is 6.92 Å². The summed E-state index contributed by atoms with van der Waals surface area (Å²) in [6.45, 7) is 5.88. The van der Waals surface area contributed by atoms with Crippen LogP contribution in [0.2, 0.25) is 0 Å². The first-order chi connectivity index (χ1) is 15.5. The lowest BCUT2D eigenvalue weighted by molar-refractivity contribution is 0.0734. The molecule has 0 saturated carbocycles. The van der Waals surface area contributed by atoms with Gasteiger partial charge in [-0.3, -0.25) is 4.79 Å². The van der Waals surface area contributed by atoms with Gasteiger partial charge in [-0.25, -0.2) is 10.2 Å². The maximum absolute atomic E-state index is 12.5. The van der Waals surface area contributed by atoms with Crippen LogP contribution >= 0.6 is 15.9 Å². The quantitative estimate of drug-likeness (QED) is 0.152. The van der Waals surface area contributed by atoms with Gasteiger partial charge in [-0.1, -0.05) is 46.3 Å². The number of benzene rings is 3. The molecule has 0 radical (unpaired) electrons. The minimum absolute atomic E-state index is 0.321. The molecule has 1 amide bonds. The van der Waals surface area contributed by atoms with E-state index in [1.54, 1.807) is 66.7 Å². The smallest absolute Gasteiger partial charge is 0.343 e. The third-order valence-electron chi connectivity index (χ3n) is 4.28. The van der Waals surface area contributed by atoms with Crippen LogP contribution in [0.15, 0.2) is 89.0 Å². The van der Waals surface area contributed by atoms with Crippen LogP contribution in [0.5, 0.6) is 11.5 Å². The molecule has 0 heterocycles. The lowest BCUT2D eigenvalue weighted by atomic mass is 10.1. The molecule has 0 aliphatic heterocycles. The molecule has 0 aliphatic rings. The van der Waals surface area contributed by atoms with Crippen molar-refractivity contribution < 1.29 is 19.1 Å². The van der Waals surface area contributed by atoms with E-state index in [2.05, 4.69) is 33.0 Å². The molecule has 6 nitrogen and oxygen atoms in total. The van der Waals surface area contributed by atoms with Gasteiger partial charge >= 0.3 is 5.97 Å². The number of ether oxygens (including phenoxy) is 2. The zero-order chi connectivity index (χ0) is 22.9. The standard InChI is InChI=1S/C25H21BrN2O4/c1-3-13-31-22-10-7-18(8-11-22)24(29)28-27-16-20-15-21(26)9-12-23(20)32-25(30)19-6-4-5-17(2)14-19/h3-12,14-16H,1,13H2,2H3,(H,28,29)/b27-16+. The Bertz CT molecular complexity index is 1160. The summed E-state index contributed by atoms with van der Waals surface area (Å²) in [5.74, 6) is 0.0962. The molecule has 3 aromatic carbocycles. The molecular formula is C25H21BrN2O4. The SMILES string of the molecule is C=CCOc1ccc(C(=O)N/N=C/c2cc(Br)ccc2OC(=O)c2cccc(C)c2)cc1. The lowest BCUT2D eigenvalue weighted by Gasteiger charge is -2.08. The van der Waals surface area contributed by atoms with E-state index in [4.69, 9.17) is 9.47 Å². The molecule has 0 aliphatic carbocycles. The van der Waals surface area contributed by atoms with Crippen molar-refractivity contribution in [2.45, 2.75) is 6.92 Å². The predicted molar refractivity (Wildman–Crippen MR) is 127 cm³/mol. The third kappa shape index (κ3) is 6.39. The van der Waals surface area contributed by atoms with Gasteiger partial charge in [0.2, 0.25) is 0 Å². The van der Waals surface area contributed by atoms with E-state index in [0.717, 1.165) is 10.0 Å². The normalized spacial score (nSPS) is 10.6. The first kappa shape index (κ1) is 23.0. The van der Waals surface area contributed by atoms with Gasteiger partial charge in [0.15, 0.2) is 0 Å². The van der Waals surface area contributed by atoms with Crippen molar-refractivity contribution in [2.24, 2.45) is 5.10 Å². The monoisotopic (exact) mass is 492 g/mol. The first-order valence-corrected chi connectivity index (χ1v) is 10.5. The van der Waals surface area contributed by atoms with Gasteiger partial charge in [0.1, 0.15) is 18.1 Å². The zero-order valence-corrected chi connectivity index (χ0v) is 19.0. The highest BCUT2D eigenvalue weighted by atomic mass is 79.9. The maximum Gasteiger partial charge on any atom is 0.343 e. The highest BCUT2D eigenvalue weighted by molar-refractivity contribution is 9.10. The van der Waals surface area contributed by atoms with Crippen molar-refractivity contribution >= 4 is 34.0 Å². The number of halogens is 1. The van der Waals surface area contributed by atoms with E-state index in [-0.39, 0.29) is 5.91 Å². The number of carbonyl (C=O) groups excluding carboxylic acids is 2. The lowest BCUT2D eigenvalue weighted by Crippen LogP contribution is -2.17. The van der Waals surface area contributed by atoms with Gasteiger partial charge in [-0.2, -0.15) is 5.10 Å². The fourth-order valence-corrected chi connectivity index (χ4v) is 3.11. The second-order valence-electron chi connectivity index (χ2n) is 6.76. The Morgan fingerprint density at radius 1 is 1.06 bits per heavy atom. The molecule has 162 valence electrons. The molecule has 0 atom stereocenters. The molecule has 1 N–H and O–H groups in total. The number of amides is 1. The number of hydrazone groups is 1.